The molecule has 1 rings (SSSR count). The minimum Gasteiger partial charge on any atom is -0.393 e. The Morgan fingerprint density at radius 3 is 2.50 bits per heavy atom. The summed E-state index contributed by atoms with van der Waals surface area (Å²) in [7, 11) is 1.69. The highest BCUT2D eigenvalue weighted by Crippen LogP contribution is 2.30. The smallest absolute Gasteiger partial charge is 0.0788 e. The second kappa shape index (κ2) is 8.04. The Morgan fingerprint density at radius 1 is 1.28 bits per heavy atom. The van der Waals surface area contributed by atoms with Gasteiger partial charge in [0.15, 0.2) is 0 Å². The van der Waals surface area contributed by atoms with Crippen LogP contribution in [0.3, 0.4) is 0 Å². The molecule has 18 heavy (non-hydrogen) atoms. The van der Waals surface area contributed by atoms with Gasteiger partial charge in [0.05, 0.1) is 18.2 Å². The second-order valence-corrected chi connectivity index (χ2v) is 5.67. The van der Waals surface area contributed by atoms with Crippen molar-refractivity contribution >= 4 is 17.2 Å². The Balaban J connectivity index is 2.07. The number of nitrogens with zero attached hydrogens (tertiary/aromatic N) is 1. The quantitative estimate of drug-likeness (QED) is 0.536. The number of hydrogen-bond acceptors (Lipinski definition) is 4. The molecule has 0 aliphatic carbocycles. The third kappa shape index (κ3) is 5.18. The first kappa shape index (κ1) is 15.8. The number of piperidine rings is 1. The van der Waals surface area contributed by atoms with Gasteiger partial charge in [-0.2, -0.15) is 0 Å². The van der Waals surface area contributed by atoms with E-state index in [0.717, 1.165) is 45.5 Å². The second-order valence-electron chi connectivity index (χ2n) is 5.23. The fraction of sp³-hybridized carbons (Fsp3) is 0.923. The molecule has 0 bridgehead atoms. The van der Waals surface area contributed by atoms with Gasteiger partial charge in [0.25, 0.3) is 0 Å². The molecule has 0 spiro atoms. The van der Waals surface area contributed by atoms with Crippen LogP contribution in [-0.2, 0) is 9.47 Å². The molecule has 106 valence electrons. The van der Waals surface area contributed by atoms with Crippen molar-refractivity contribution in [2.24, 2.45) is 11.1 Å². The Hall–Kier alpha value is -0.230. The van der Waals surface area contributed by atoms with Gasteiger partial charge in [-0.1, -0.05) is 19.1 Å². The van der Waals surface area contributed by atoms with Crippen LogP contribution in [0.25, 0.3) is 0 Å². The predicted octanol–water partition coefficient (Wildman–Crippen LogP) is 1.43. The third-order valence-corrected chi connectivity index (χ3v) is 4.24. The van der Waals surface area contributed by atoms with Crippen LogP contribution in [0.1, 0.15) is 26.2 Å². The monoisotopic (exact) mass is 274 g/mol. The van der Waals surface area contributed by atoms with E-state index in [9.17, 15) is 0 Å². The van der Waals surface area contributed by atoms with Crippen LogP contribution >= 0.6 is 12.2 Å². The molecule has 1 heterocycles. The van der Waals surface area contributed by atoms with Crippen LogP contribution in [0, 0.1) is 5.41 Å². The van der Waals surface area contributed by atoms with Crippen LogP contribution in [-0.4, -0.2) is 56.5 Å². The lowest BCUT2D eigenvalue weighted by molar-refractivity contribution is 0.0622. The van der Waals surface area contributed by atoms with Crippen molar-refractivity contribution in [3.63, 3.8) is 0 Å². The lowest BCUT2D eigenvalue weighted by Crippen LogP contribution is -2.45. The molecule has 0 aromatic rings. The van der Waals surface area contributed by atoms with Crippen LogP contribution in [0.15, 0.2) is 0 Å². The molecule has 4 nitrogen and oxygen atoms in total. The van der Waals surface area contributed by atoms with Gasteiger partial charge in [0, 0.05) is 25.7 Å². The van der Waals surface area contributed by atoms with Gasteiger partial charge < -0.3 is 20.1 Å². The Bertz CT molecular complexity index is 253. The van der Waals surface area contributed by atoms with Crippen LogP contribution in [0.2, 0.25) is 0 Å². The van der Waals surface area contributed by atoms with E-state index in [0.29, 0.717) is 18.2 Å². The topological polar surface area (TPSA) is 47.7 Å². The van der Waals surface area contributed by atoms with Crippen molar-refractivity contribution in [3.8, 4) is 0 Å². The molecule has 5 heteroatoms. The Labute approximate surface area is 116 Å². The highest BCUT2D eigenvalue weighted by atomic mass is 32.1. The van der Waals surface area contributed by atoms with Crippen molar-refractivity contribution in [2.45, 2.75) is 26.2 Å². The molecule has 1 aliphatic rings. The van der Waals surface area contributed by atoms with Crippen molar-refractivity contribution in [1.29, 1.82) is 0 Å². The molecule has 2 N–H and O–H groups in total. The van der Waals surface area contributed by atoms with E-state index in [1.807, 2.05) is 0 Å². The summed E-state index contributed by atoms with van der Waals surface area (Å²) in [6, 6.07) is 0. The SMILES string of the molecule is COCCOCCCN1CCC(C)(C(N)=S)CC1. The highest BCUT2D eigenvalue weighted by molar-refractivity contribution is 7.80. The zero-order valence-corrected chi connectivity index (χ0v) is 12.4. The van der Waals surface area contributed by atoms with Crippen molar-refractivity contribution in [3.05, 3.63) is 0 Å². The maximum atomic E-state index is 5.80. The van der Waals surface area contributed by atoms with E-state index < -0.39 is 0 Å². The Kier molecular flexibility index (Phi) is 7.07. The number of rotatable bonds is 8. The average molecular weight is 274 g/mol. The van der Waals surface area contributed by atoms with Gasteiger partial charge in [-0.3, -0.25) is 0 Å². The summed E-state index contributed by atoms with van der Waals surface area (Å²) in [6.45, 7) is 7.64. The molecule has 1 fully saturated rings. The molecule has 0 saturated carbocycles. The molecule has 0 radical (unpaired) electrons. The van der Waals surface area contributed by atoms with Crippen molar-refractivity contribution in [1.82, 2.24) is 4.90 Å². The molecule has 0 aromatic heterocycles. The maximum Gasteiger partial charge on any atom is 0.0788 e. The summed E-state index contributed by atoms with van der Waals surface area (Å²) >= 11 is 5.14. The number of thiocarbonyl (C=S) groups is 1. The van der Waals surface area contributed by atoms with E-state index in [-0.39, 0.29) is 5.41 Å². The zero-order chi connectivity index (χ0) is 13.4. The molecular weight excluding hydrogens is 248 g/mol. The lowest BCUT2D eigenvalue weighted by Gasteiger charge is -2.38. The first-order valence-electron chi connectivity index (χ1n) is 6.67. The zero-order valence-electron chi connectivity index (χ0n) is 11.6. The first-order valence-corrected chi connectivity index (χ1v) is 7.08. The summed E-state index contributed by atoms with van der Waals surface area (Å²) in [5, 5.41) is 0. The van der Waals surface area contributed by atoms with Crippen LogP contribution in [0.4, 0.5) is 0 Å². The summed E-state index contributed by atoms with van der Waals surface area (Å²) < 4.78 is 10.4. The number of methoxy groups -OCH3 is 1. The van der Waals surface area contributed by atoms with E-state index in [4.69, 9.17) is 27.4 Å². The van der Waals surface area contributed by atoms with Crippen molar-refractivity contribution in [2.75, 3.05) is 46.6 Å². The van der Waals surface area contributed by atoms with Gasteiger partial charge in [-0.15, -0.1) is 0 Å². The van der Waals surface area contributed by atoms with Gasteiger partial charge >= 0.3 is 0 Å². The number of hydrogen-bond donors (Lipinski definition) is 1. The first-order chi connectivity index (χ1) is 8.58. The molecule has 0 aromatic carbocycles. The van der Waals surface area contributed by atoms with E-state index in [1.54, 1.807) is 7.11 Å². The fourth-order valence-electron chi connectivity index (χ4n) is 2.15. The van der Waals surface area contributed by atoms with Crippen molar-refractivity contribution < 1.29 is 9.47 Å². The van der Waals surface area contributed by atoms with Crippen LogP contribution < -0.4 is 5.73 Å². The van der Waals surface area contributed by atoms with Crippen LogP contribution in [0.5, 0.6) is 0 Å². The fourth-order valence-corrected chi connectivity index (χ4v) is 2.36. The number of likely N-dealkylation sites (tertiary alicyclic amines) is 1. The molecule has 0 unspecified atom stereocenters. The molecule has 0 amide bonds. The summed E-state index contributed by atoms with van der Waals surface area (Å²) in [5.41, 5.74) is 5.87. The molecule has 1 saturated heterocycles. The summed E-state index contributed by atoms with van der Waals surface area (Å²) in [6.07, 6.45) is 3.23. The van der Waals surface area contributed by atoms with Gasteiger partial charge in [0.1, 0.15) is 0 Å². The predicted molar refractivity (Wildman–Crippen MR) is 77.9 cm³/mol. The standard InChI is InChI=1S/C13H26N2O2S/c1-13(12(14)18)4-7-15(8-5-13)6-3-9-17-11-10-16-2/h3-11H2,1-2H3,(H2,14,18). The number of ether oxygens (including phenoxy) is 2. The maximum absolute atomic E-state index is 5.80. The molecule has 0 atom stereocenters. The summed E-state index contributed by atoms with van der Waals surface area (Å²) in [5.74, 6) is 0. The average Bonchev–Trinajstić information content (AvgIpc) is 2.36. The summed E-state index contributed by atoms with van der Waals surface area (Å²) in [4.78, 5) is 3.14. The van der Waals surface area contributed by atoms with Gasteiger partial charge in [-0.25, -0.2) is 0 Å². The van der Waals surface area contributed by atoms with E-state index in [1.165, 1.54) is 0 Å². The number of nitrogens with two attached hydrogens (primary N) is 1. The highest BCUT2D eigenvalue weighted by Gasteiger charge is 2.32. The van der Waals surface area contributed by atoms with E-state index in [2.05, 4.69) is 11.8 Å². The largest absolute Gasteiger partial charge is 0.393 e. The lowest BCUT2D eigenvalue weighted by atomic mass is 9.80. The normalized spacial score (nSPS) is 19.9. The third-order valence-electron chi connectivity index (χ3n) is 3.75. The minimum atomic E-state index is 0.0702. The minimum absolute atomic E-state index is 0.0702. The molecule has 1 aliphatic heterocycles. The van der Waals surface area contributed by atoms with Gasteiger partial charge in [0.2, 0.25) is 0 Å². The van der Waals surface area contributed by atoms with Gasteiger partial charge in [-0.05, 0) is 32.4 Å². The molecular formula is C13H26N2O2S. The van der Waals surface area contributed by atoms with E-state index >= 15 is 0 Å². The Morgan fingerprint density at radius 2 is 1.94 bits per heavy atom.